The van der Waals surface area contributed by atoms with E-state index in [2.05, 4.69) is 141 Å². The third-order valence-corrected chi connectivity index (χ3v) is 16.3. The lowest BCUT2D eigenvalue weighted by atomic mass is 10.0. The fourth-order valence-corrected chi connectivity index (χ4v) is 10.6. The second kappa shape index (κ2) is 66.1. The van der Waals surface area contributed by atoms with Crippen LogP contribution in [0.3, 0.4) is 0 Å². The predicted octanol–water partition coefficient (Wildman–Crippen LogP) is 23.0. The van der Waals surface area contributed by atoms with Gasteiger partial charge in [0.1, 0.15) is 13.2 Å². The van der Waals surface area contributed by atoms with Gasteiger partial charge < -0.3 is 19.8 Å². The van der Waals surface area contributed by atoms with Crippen molar-refractivity contribution in [3.8, 4) is 0 Å². The van der Waals surface area contributed by atoms with Gasteiger partial charge >= 0.3 is 7.82 Å². The number of nitrogens with one attached hydrogen (secondary N) is 1. The Bertz CT molecular complexity index is 1870. The lowest BCUT2D eigenvalue weighted by Gasteiger charge is -2.25. The standard InChI is InChI=1S/C77H135N2O6P/c1-6-8-10-12-14-16-18-20-22-24-26-28-30-32-34-36-38-39-41-43-45-47-49-51-53-55-57-59-61-63-65-67-69-71-77(81)78-75(74-85-86(82,83)84-73-72-79(3,4)5)76(80)70-68-66-64-62-60-58-56-54-52-50-48-46-44-42-40-37-35-33-31-29-27-25-23-21-19-17-15-13-11-9-7-2/h8,10,14,16,20,22,26,28,32,34,38-39,43,45,49,51,55,57,60,62,68,70,75-76,80H,6-7,9,11-13,15,17-19,21,23-25,27,29-31,33,35-37,40-42,44,46-48,50,52-54,56,58-59,61,63-67,69,71-74H2,1-5H3,(H-,78,81,82,83)/p+1/b10-8-,16-14-,22-20-,28-26-,34-32-,39-38-,45-43-,51-49-,57-55-,62-60+,70-68+. The van der Waals surface area contributed by atoms with Crippen molar-refractivity contribution < 1.29 is 32.9 Å². The fourth-order valence-electron chi connectivity index (χ4n) is 9.88. The first-order valence-corrected chi connectivity index (χ1v) is 37.1. The first-order chi connectivity index (χ1) is 42.0. The molecule has 0 spiro atoms. The van der Waals surface area contributed by atoms with Gasteiger partial charge in [-0.1, -0.05) is 321 Å². The number of rotatable bonds is 64. The number of nitrogens with zero attached hydrogens (tertiary/aromatic N) is 1. The normalized spacial score (nSPS) is 14.5. The summed E-state index contributed by atoms with van der Waals surface area (Å²) in [5, 5.41) is 14.0. The van der Waals surface area contributed by atoms with Gasteiger partial charge in [-0.3, -0.25) is 13.8 Å². The summed E-state index contributed by atoms with van der Waals surface area (Å²) in [4.78, 5) is 23.4. The number of phosphoric acid groups is 1. The molecule has 494 valence electrons. The molecule has 0 fully saturated rings. The quantitative estimate of drug-likeness (QED) is 0.0243. The van der Waals surface area contributed by atoms with E-state index in [-0.39, 0.29) is 19.1 Å². The molecule has 0 saturated carbocycles. The zero-order valence-corrected chi connectivity index (χ0v) is 57.4. The van der Waals surface area contributed by atoms with Crippen molar-refractivity contribution in [3.63, 3.8) is 0 Å². The van der Waals surface area contributed by atoms with Crippen LogP contribution in [0, 0.1) is 0 Å². The predicted molar refractivity (Wildman–Crippen MR) is 378 cm³/mol. The van der Waals surface area contributed by atoms with Gasteiger partial charge in [0, 0.05) is 6.42 Å². The van der Waals surface area contributed by atoms with E-state index in [1.807, 2.05) is 27.2 Å². The van der Waals surface area contributed by atoms with E-state index >= 15 is 0 Å². The van der Waals surface area contributed by atoms with Crippen LogP contribution >= 0.6 is 7.82 Å². The number of likely N-dealkylation sites (N-methyl/N-ethyl adjacent to an activating group) is 1. The van der Waals surface area contributed by atoms with Crippen molar-refractivity contribution in [1.82, 2.24) is 5.32 Å². The summed E-state index contributed by atoms with van der Waals surface area (Å²) in [6.07, 6.45) is 100. The van der Waals surface area contributed by atoms with E-state index in [0.717, 1.165) is 116 Å². The molecule has 0 saturated heterocycles. The summed E-state index contributed by atoms with van der Waals surface area (Å²) in [6, 6.07) is -0.887. The molecule has 0 heterocycles. The highest BCUT2D eigenvalue weighted by Gasteiger charge is 2.28. The number of aliphatic hydroxyl groups is 1. The number of amides is 1. The average Bonchev–Trinajstić information content (AvgIpc) is 3.70. The summed E-state index contributed by atoms with van der Waals surface area (Å²) in [7, 11) is 1.53. The number of aliphatic hydroxyl groups excluding tert-OH is 1. The summed E-state index contributed by atoms with van der Waals surface area (Å²) < 4.78 is 23.8. The van der Waals surface area contributed by atoms with Gasteiger partial charge in [-0.15, -0.1) is 0 Å². The van der Waals surface area contributed by atoms with Gasteiger partial charge in [-0.25, -0.2) is 4.57 Å². The molecule has 3 N–H and O–H groups in total. The molecule has 0 radical (unpaired) electrons. The lowest BCUT2D eigenvalue weighted by Crippen LogP contribution is -2.45. The molecule has 0 aromatic rings. The number of quaternary nitrogens is 1. The second-order valence-electron chi connectivity index (χ2n) is 24.9. The highest BCUT2D eigenvalue weighted by atomic mass is 31.2. The van der Waals surface area contributed by atoms with Crippen molar-refractivity contribution in [2.24, 2.45) is 0 Å². The van der Waals surface area contributed by atoms with Crippen LogP contribution in [0.5, 0.6) is 0 Å². The van der Waals surface area contributed by atoms with Gasteiger partial charge in [-0.05, 0) is 103 Å². The number of phosphoric ester groups is 1. The Morgan fingerprint density at radius 3 is 1.07 bits per heavy atom. The monoisotopic (exact) mass is 1220 g/mol. The summed E-state index contributed by atoms with van der Waals surface area (Å²) >= 11 is 0. The molecule has 1 amide bonds. The lowest BCUT2D eigenvalue weighted by molar-refractivity contribution is -0.870. The van der Waals surface area contributed by atoms with Crippen LogP contribution in [-0.2, 0) is 18.4 Å². The largest absolute Gasteiger partial charge is 0.472 e. The van der Waals surface area contributed by atoms with Gasteiger partial charge in [0.25, 0.3) is 0 Å². The highest BCUT2D eigenvalue weighted by Crippen LogP contribution is 2.43. The van der Waals surface area contributed by atoms with Crippen molar-refractivity contribution in [1.29, 1.82) is 0 Å². The molecule has 0 rings (SSSR count). The van der Waals surface area contributed by atoms with Gasteiger partial charge in [0.2, 0.25) is 5.91 Å². The minimum atomic E-state index is -4.38. The fraction of sp³-hybridized carbons (Fsp3) is 0.701. The Hall–Kier alpha value is -3.36. The van der Waals surface area contributed by atoms with Crippen LogP contribution in [0.15, 0.2) is 134 Å². The second-order valence-corrected chi connectivity index (χ2v) is 26.3. The number of carbonyl (C=O) groups is 1. The molecule has 0 bridgehead atoms. The minimum absolute atomic E-state index is 0.0450. The first kappa shape index (κ1) is 82.6. The molecular formula is C77H136N2O6P+. The number of hydrogen-bond acceptors (Lipinski definition) is 5. The average molecular weight is 1220 g/mol. The molecule has 0 aliphatic heterocycles. The van der Waals surface area contributed by atoms with Crippen LogP contribution < -0.4 is 5.32 Å². The maximum absolute atomic E-state index is 13.0. The Balaban J connectivity index is 4.21. The Morgan fingerprint density at radius 2 is 0.709 bits per heavy atom. The van der Waals surface area contributed by atoms with Crippen LogP contribution in [0.2, 0.25) is 0 Å². The third-order valence-electron chi connectivity index (χ3n) is 15.4. The van der Waals surface area contributed by atoms with Crippen molar-refractivity contribution >= 4 is 13.7 Å². The Morgan fingerprint density at radius 1 is 0.407 bits per heavy atom. The molecule has 3 atom stereocenters. The topological polar surface area (TPSA) is 105 Å². The van der Waals surface area contributed by atoms with Gasteiger partial charge in [0.15, 0.2) is 0 Å². The molecular weight excluding hydrogens is 1080 g/mol. The maximum Gasteiger partial charge on any atom is 0.472 e. The van der Waals surface area contributed by atoms with Crippen LogP contribution in [0.25, 0.3) is 0 Å². The summed E-state index contributed by atoms with van der Waals surface area (Å²) in [6.45, 7) is 4.68. The van der Waals surface area contributed by atoms with Crippen molar-refractivity contribution in [2.75, 3.05) is 40.9 Å². The Kier molecular flexibility index (Phi) is 63.5. The first-order valence-electron chi connectivity index (χ1n) is 35.6. The number of carbonyl (C=O) groups excluding carboxylic acids is 1. The number of allylic oxidation sites excluding steroid dienone is 21. The van der Waals surface area contributed by atoms with E-state index in [9.17, 15) is 19.4 Å². The van der Waals surface area contributed by atoms with E-state index < -0.39 is 20.0 Å². The molecule has 0 aromatic carbocycles. The molecule has 0 aliphatic carbocycles. The molecule has 9 heteroatoms. The third kappa shape index (κ3) is 68.1. The molecule has 86 heavy (non-hydrogen) atoms. The van der Waals surface area contributed by atoms with Crippen LogP contribution in [-0.4, -0.2) is 73.4 Å². The number of hydrogen-bond donors (Lipinski definition) is 3. The van der Waals surface area contributed by atoms with Gasteiger partial charge in [-0.2, -0.15) is 0 Å². The summed E-state index contributed by atoms with van der Waals surface area (Å²) in [5.41, 5.74) is 0. The zero-order chi connectivity index (χ0) is 62.6. The van der Waals surface area contributed by atoms with E-state index in [1.165, 1.54) is 161 Å². The molecule has 0 aromatic heterocycles. The zero-order valence-electron chi connectivity index (χ0n) is 56.5. The van der Waals surface area contributed by atoms with E-state index in [1.54, 1.807) is 6.08 Å². The SMILES string of the molecule is CC/C=C\C/C=C\C/C=C\C/C=C\C/C=C\C/C=C\C/C=C\C/C=C\C/C=C\CCCCCCCC(=O)NC(COP(=O)(O)OCC[N+](C)(C)C)C(O)/C=C/CC/C=C/CCCCCCCCCCCCCCCCCCCCCCCCCCC. The van der Waals surface area contributed by atoms with Crippen LogP contribution in [0.4, 0.5) is 0 Å². The number of unbranched alkanes of at least 4 members (excludes halogenated alkanes) is 31. The van der Waals surface area contributed by atoms with Crippen LogP contribution in [0.1, 0.15) is 296 Å². The van der Waals surface area contributed by atoms with Crippen molar-refractivity contribution in [3.05, 3.63) is 134 Å². The molecule has 0 aliphatic rings. The smallest absolute Gasteiger partial charge is 0.387 e. The van der Waals surface area contributed by atoms with Crippen molar-refractivity contribution in [2.45, 2.75) is 309 Å². The van der Waals surface area contributed by atoms with E-state index in [0.29, 0.717) is 17.4 Å². The molecule has 3 unspecified atom stereocenters. The summed E-state index contributed by atoms with van der Waals surface area (Å²) in [5.74, 6) is -0.208. The van der Waals surface area contributed by atoms with Gasteiger partial charge in [0.05, 0.1) is 39.9 Å². The maximum atomic E-state index is 13.0. The minimum Gasteiger partial charge on any atom is -0.387 e. The van der Waals surface area contributed by atoms with E-state index in [4.69, 9.17) is 9.05 Å². The highest BCUT2D eigenvalue weighted by molar-refractivity contribution is 7.47. The molecule has 8 nitrogen and oxygen atoms in total. The Labute approximate surface area is 532 Å².